The molecule has 184 valence electrons. The van der Waals surface area contributed by atoms with Gasteiger partial charge in [0.2, 0.25) is 0 Å². The molecule has 3 aromatic carbocycles. The Labute approximate surface area is 213 Å². The molecule has 1 fully saturated rings. The minimum Gasteiger partial charge on any atom is -0.399 e. The highest BCUT2D eigenvalue weighted by molar-refractivity contribution is 6.62. The van der Waals surface area contributed by atoms with Gasteiger partial charge in [-0.15, -0.1) is 0 Å². The number of hydrogen-bond acceptors (Lipinski definition) is 2. The van der Waals surface area contributed by atoms with Gasteiger partial charge in [0, 0.05) is 5.92 Å². The van der Waals surface area contributed by atoms with Crippen molar-refractivity contribution in [3.63, 3.8) is 0 Å². The first-order valence-electron chi connectivity index (χ1n) is 12.8. The summed E-state index contributed by atoms with van der Waals surface area (Å²) in [7, 11) is -0.401. The second kappa shape index (κ2) is 8.94. The molecule has 0 radical (unpaired) electrons. The Balaban J connectivity index is 1.82. The van der Waals surface area contributed by atoms with E-state index in [-0.39, 0.29) is 16.7 Å². The maximum absolute atomic E-state index is 6.89. The SMILES string of the molecule is CC(C)(C)c1ccc(C(c2ccc(C(C)(C)C)cc2)C2(C)OB(c3ccccc3)OC2(C)C)cc1. The van der Waals surface area contributed by atoms with Crippen molar-refractivity contribution < 1.29 is 9.31 Å². The third-order valence-electron chi connectivity index (χ3n) is 7.79. The first kappa shape index (κ1) is 25.7. The van der Waals surface area contributed by atoms with Gasteiger partial charge in [0.25, 0.3) is 0 Å². The van der Waals surface area contributed by atoms with E-state index in [1.54, 1.807) is 0 Å². The average molecular weight is 468 g/mol. The number of hydrogen-bond donors (Lipinski definition) is 0. The molecule has 0 spiro atoms. The Morgan fingerprint density at radius 1 is 0.600 bits per heavy atom. The van der Waals surface area contributed by atoms with Gasteiger partial charge in [0.15, 0.2) is 0 Å². The molecule has 4 rings (SSSR count). The molecule has 2 nitrogen and oxygen atoms in total. The molecular formula is C32H41BO2. The highest BCUT2D eigenvalue weighted by Crippen LogP contribution is 2.50. The van der Waals surface area contributed by atoms with Crippen LogP contribution in [0.1, 0.15) is 90.5 Å². The summed E-state index contributed by atoms with van der Waals surface area (Å²) >= 11 is 0. The Kier molecular flexibility index (Phi) is 6.57. The highest BCUT2D eigenvalue weighted by atomic mass is 16.7. The van der Waals surface area contributed by atoms with E-state index in [4.69, 9.17) is 9.31 Å². The van der Waals surface area contributed by atoms with Gasteiger partial charge in [0.1, 0.15) is 0 Å². The lowest BCUT2D eigenvalue weighted by Gasteiger charge is -2.43. The van der Waals surface area contributed by atoms with Crippen molar-refractivity contribution in [2.45, 2.75) is 90.3 Å². The van der Waals surface area contributed by atoms with Gasteiger partial charge < -0.3 is 9.31 Å². The van der Waals surface area contributed by atoms with Crippen LogP contribution in [0.4, 0.5) is 0 Å². The van der Waals surface area contributed by atoms with Crippen molar-refractivity contribution >= 4 is 12.6 Å². The van der Waals surface area contributed by atoms with E-state index in [1.807, 2.05) is 18.2 Å². The molecule has 0 bridgehead atoms. The molecule has 0 aliphatic carbocycles. The van der Waals surface area contributed by atoms with Crippen LogP contribution in [0.15, 0.2) is 78.9 Å². The number of rotatable bonds is 4. The highest BCUT2D eigenvalue weighted by Gasteiger charge is 2.58. The molecule has 0 saturated carbocycles. The molecule has 3 aromatic rings. The maximum Gasteiger partial charge on any atom is 0.494 e. The van der Waals surface area contributed by atoms with Gasteiger partial charge in [0.05, 0.1) is 11.2 Å². The van der Waals surface area contributed by atoms with E-state index in [1.165, 1.54) is 22.3 Å². The van der Waals surface area contributed by atoms with E-state index in [0.29, 0.717) is 0 Å². The molecule has 1 atom stereocenters. The van der Waals surface area contributed by atoms with Gasteiger partial charge in [-0.05, 0) is 59.3 Å². The van der Waals surface area contributed by atoms with Gasteiger partial charge in [-0.2, -0.15) is 0 Å². The first-order chi connectivity index (χ1) is 16.2. The molecule has 1 aliphatic heterocycles. The third-order valence-corrected chi connectivity index (χ3v) is 7.79. The maximum atomic E-state index is 6.89. The second-order valence-electron chi connectivity index (χ2n) is 12.8. The summed E-state index contributed by atoms with van der Waals surface area (Å²) in [6.45, 7) is 20.1. The molecule has 35 heavy (non-hydrogen) atoms. The lowest BCUT2D eigenvalue weighted by Crippen LogP contribution is -2.50. The predicted octanol–water partition coefficient (Wildman–Crippen LogP) is 7.39. The zero-order chi connectivity index (χ0) is 25.6. The summed E-state index contributed by atoms with van der Waals surface area (Å²) in [5, 5.41) is 0. The standard InChI is InChI=1S/C32H41BO2/c1-29(2,3)25-19-15-23(16-20-25)28(24-17-21-26(22-18-24)30(4,5)6)32(9)31(7,8)34-33(35-32)27-13-11-10-12-14-27/h10-22,28H,1-9H3. The minimum absolute atomic E-state index is 0.00856. The van der Waals surface area contributed by atoms with Crippen LogP contribution >= 0.6 is 0 Å². The van der Waals surface area contributed by atoms with Gasteiger partial charge in [-0.1, -0.05) is 120 Å². The summed E-state index contributed by atoms with van der Waals surface area (Å²) in [6.07, 6.45) is 0. The van der Waals surface area contributed by atoms with Gasteiger partial charge in [-0.3, -0.25) is 0 Å². The minimum atomic E-state index is -0.583. The fourth-order valence-electron chi connectivity index (χ4n) is 5.11. The van der Waals surface area contributed by atoms with Crippen molar-refractivity contribution in [1.82, 2.24) is 0 Å². The summed E-state index contributed by atoms with van der Waals surface area (Å²) in [6, 6.07) is 28.5. The first-order valence-corrected chi connectivity index (χ1v) is 12.8. The van der Waals surface area contributed by atoms with Crippen LogP contribution in [-0.4, -0.2) is 18.3 Å². The lowest BCUT2D eigenvalue weighted by molar-refractivity contribution is -0.0216. The lowest BCUT2D eigenvalue weighted by atomic mass is 9.69. The number of benzene rings is 3. The van der Waals surface area contributed by atoms with E-state index < -0.39 is 18.3 Å². The topological polar surface area (TPSA) is 18.5 Å². The van der Waals surface area contributed by atoms with Gasteiger partial charge in [-0.25, -0.2) is 0 Å². The smallest absolute Gasteiger partial charge is 0.399 e. The third kappa shape index (κ3) is 4.99. The van der Waals surface area contributed by atoms with Crippen molar-refractivity contribution in [2.75, 3.05) is 0 Å². The van der Waals surface area contributed by atoms with E-state index in [2.05, 4.69) is 123 Å². The predicted molar refractivity (Wildman–Crippen MR) is 149 cm³/mol. The summed E-state index contributed by atoms with van der Waals surface area (Å²) in [5.74, 6) is 0.00856. The summed E-state index contributed by atoms with van der Waals surface area (Å²) < 4.78 is 13.5. The fourth-order valence-corrected chi connectivity index (χ4v) is 5.11. The van der Waals surface area contributed by atoms with Crippen LogP contribution in [0.5, 0.6) is 0 Å². The van der Waals surface area contributed by atoms with E-state index >= 15 is 0 Å². The molecule has 1 aliphatic rings. The Bertz CT molecular complexity index is 1080. The van der Waals surface area contributed by atoms with Gasteiger partial charge >= 0.3 is 7.12 Å². The molecule has 0 aromatic heterocycles. The molecule has 0 amide bonds. The van der Waals surface area contributed by atoms with Crippen molar-refractivity contribution in [1.29, 1.82) is 0 Å². The zero-order valence-electron chi connectivity index (χ0n) is 23.0. The van der Waals surface area contributed by atoms with Crippen LogP contribution in [0, 0.1) is 0 Å². The Hall–Kier alpha value is -2.36. The monoisotopic (exact) mass is 468 g/mol. The van der Waals surface area contributed by atoms with Crippen LogP contribution in [0.25, 0.3) is 0 Å². The second-order valence-corrected chi connectivity index (χ2v) is 12.8. The summed E-state index contributed by atoms with van der Waals surface area (Å²) in [4.78, 5) is 0. The normalized spacial score (nSPS) is 20.5. The fraction of sp³-hybridized carbons (Fsp3) is 0.438. The Morgan fingerprint density at radius 2 is 1.03 bits per heavy atom. The molecule has 0 N–H and O–H groups in total. The Morgan fingerprint density at radius 3 is 1.43 bits per heavy atom. The van der Waals surface area contributed by atoms with Crippen molar-refractivity contribution in [3.05, 3.63) is 101 Å². The molecule has 1 unspecified atom stereocenters. The van der Waals surface area contributed by atoms with Crippen molar-refractivity contribution in [2.24, 2.45) is 0 Å². The zero-order valence-corrected chi connectivity index (χ0v) is 23.0. The molecule has 1 heterocycles. The molecule has 1 saturated heterocycles. The largest absolute Gasteiger partial charge is 0.494 e. The quantitative estimate of drug-likeness (QED) is 0.372. The van der Waals surface area contributed by atoms with Crippen molar-refractivity contribution in [3.8, 4) is 0 Å². The van der Waals surface area contributed by atoms with Crippen LogP contribution in [-0.2, 0) is 20.1 Å². The molecular weight excluding hydrogens is 427 g/mol. The van der Waals surface area contributed by atoms with E-state index in [0.717, 1.165) is 5.46 Å². The summed E-state index contributed by atoms with van der Waals surface area (Å²) in [5.41, 5.74) is 5.33. The van der Waals surface area contributed by atoms with Crippen LogP contribution in [0.3, 0.4) is 0 Å². The van der Waals surface area contributed by atoms with Crippen LogP contribution in [0.2, 0.25) is 0 Å². The van der Waals surface area contributed by atoms with Crippen LogP contribution < -0.4 is 5.46 Å². The molecule has 3 heteroatoms. The average Bonchev–Trinajstić information content (AvgIpc) is 3.03. The van der Waals surface area contributed by atoms with E-state index in [9.17, 15) is 0 Å².